The van der Waals surface area contributed by atoms with Gasteiger partial charge in [0.1, 0.15) is 0 Å². The number of hydrogen-bond donors (Lipinski definition) is 0. The lowest BCUT2D eigenvalue weighted by Crippen LogP contribution is -2.46. The van der Waals surface area contributed by atoms with Gasteiger partial charge in [-0.15, -0.1) is 0 Å². The van der Waals surface area contributed by atoms with E-state index < -0.39 is 0 Å². The zero-order chi connectivity index (χ0) is 20.4. The first-order valence-electron chi connectivity index (χ1n) is 11.4. The lowest BCUT2D eigenvalue weighted by Gasteiger charge is -2.40. The average Bonchev–Trinajstić information content (AvgIpc) is 3.45. The van der Waals surface area contributed by atoms with Crippen molar-refractivity contribution in [2.45, 2.75) is 69.6 Å². The van der Waals surface area contributed by atoms with E-state index in [9.17, 15) is 4.79 Å². The molecule has 2 fully saturated rings. The van der Waals surface area contributed by atoms with E-state index in [4.69, 9.17) is 9.51 Å². The van der Waals surface area contributed by atoms with E-state index in [1.165, 1.54) is 31.3 Å². The van der Waals surface area contributed by atoms with Crippen molar-refractivity contribution < 1.29 is 9.32 Å². The van der Waals surface area contributed by atoms with Gasteiger partial charge in [-0.1, -0.05) is 29.6 Å². The van der Waals surface area contributed by atoms with Crippen molar-refractivity contribution >= 4 is 5.91 Å². The number of amides is 1. The van der Waals surface area contributed by atoms with E-state index in [0.717, 1.165) is 62.5 Å². The van der Waals surface area contributed by atoms with Crippen LogP contribution in [0.25, 0.3) is 11.5 Å². The molecule has 158 valence electrons. The van der Waals surface area contributed by atoms with Crippen LogP contribution < -0.4 is 0 Å². The normalized spacial score (nSPS) is 21.3. The van der Waals surface area contributed by atoms with Crippen molar-refractivity contribution in [2.24, 2.45) is 5.92 Å². The highest BCUT2D eigenvalue weighted by Crippen LogP contribution is 2.47. The van der Waals surface area contributed by atoms with Gasteiger partial charge in [-0.2, -0.15) is 4.98 Å². The molecule has 1 aliphatic heterocycles. The topological polar surface area (TPSA) is 72.1 Å². The van der Waals surface area contributed by atoms with Crippen molar-refractivity contribution in [3.8, 4) is 11.5 Å². The van der Waals surface area contributed by atoms with Crippen molar-refractivity contribution in [3.05, 3.63) is 42.0 Å². The van der Waals surface area contributed by atoms with Crippen LogP contribution in [0.4, 0.5) is 0 Å². The molecular weight excluding hydrogens is 376 g/mol. The molecular formula is C24H30N4O2. The summed E-state index contributed by atoms with van der Waals surface area (Å²) in [6, 6.07) is 3.82. The number of likely N-dealkylation sites (tertiary alicyclic amines) is 1. The van der Waals surface area contributed by atoms with Crippen LogP contribution in [-0.2, 0) is 10.2 Å². The Kier molecular flexibility index (Phi) is 5.40. The lowest BCUT2D eigenvalue weighted by molar-refractivity contribution is -0.132. The molecule has 1 saturated carbocycles. The molecule has 0 N–H and O–H groups in total. The van der Waals surface area contributed by atoms with Crippen LogP contribution in [0.3, 0.4) is 0 Å². The maximum Gasteiger partial charge on any atom is 0.259 e. The van der Waals surface area contributed by atoms with Crippen LogP contribution in [0.2, 0.25) is 0 Å². The Morgan fingerprint density at radius 1 is 1.23 bits per heavy atom. The highest BCUT2D eigenvalue weighted by molar-refractivity contribution is 5.79. The predicted molar refractivity (Wildman–Crippen MR) is 114 cm³/mol. The Bertz CT molecular complexity index is 908. The Hall–Kier alpha value is -2.50. The molecule has 3 aliphatic rings. The molecule has 6 nitrogen and oxygen atoms in total. The van der Waals surface area contributed by atoms with Gasteiger partial charge >= 0.3 is 0 Å². The quantitative estimate of drug-likeness (QED) is 0.651. The molecule has 0 atom stereocenters. The van der Waals surface area contributed by atoms with Gasteiger partial charge < -0.3 is 9.42 Å². The monoisotopic (exact) mass is 406 g/mol. The van der Waals surface area contributed by atoms with Crippen LogP contribution in [0.15, 0.2) is 40.7 Å². The summed E-state index contributed by atoms with van der Waals surface area (Å²) in [4.78, 5) is 23.9. The van der Waals surface area contributed by atoms with E-state index in [0.29, 0.717) is 12.3 Å². The summed E-state index contributed by atoms with van der Waals surface area (Å²) in [7, 11) is 0. The van der Waals surface area contributed by atoms with Crippen LogP contribution in [-0.4, -0.2) is 39.0 Å². The van der Waals surface area contributed by atoms with E-state index >= 15 is 0 Å². The second-order valence-electron chi connectivity index (χ2n) is 9.26. The second kappa shape index (κ2) is 8.32. The lowest BCUT2D eigenvalue weighted by atomic mass is 9.73. The smallest absolute Gasteiger partial charge is 0.259 e. The molecule has 0 bridgehead atoms. The average molecular weight is 407 g/mol. The molecule has 2 aliphatic carbocycles. The molecule has 6 heteroatoms. The summed E-state index contributed by atoms with van der Waals surface area (Å²) in [6.45, 7) is 1.57. The highest BCUT2D eigenvalue weighted by Gasteiger charge is 2.44. The molecule has 0 spiro atoms. The Labute approximate surface area is 177 Å². The number of nitrogens with zero attached hydrogens (tertiary/aromatic N) is 4. The fourth-order valence-electron chi connectivity index (χ4n) is 4.99. The Morgan fingerprint density at radius 3 is 2.80 bits per heavy atom. The summed E-state index contributed by atoms with van der Waals surface area (Å²) >= 11 is 0. The zero-order valence-electron chi connectivity index (χ0n) is 17.6. The molecule has 0 unspecified atom stereocenters. The van der Waals surface area contributed by atoms with Crippen LogP contribution in [0.5, 0.6) is 0 Å². The van der Waals surface area contributed by atoms with Crippen molar-refractivity contribution in [2.75, 3.05) is 13.1 Å². The van der Waals surface area contributed by atoms with Gasteiger partial charge in [-0.05, 0) is 63.0 Å². The summed E-state index contributed by atoms with van der Waals surface area (Å²) < 4.78 is 5.62. The van der Waals surface area contributed by atoms with Crippen molar-refractivity contribution in [1.82, 2.24) is 20.0 Å². The number of rotatable bonds is 6. The molecule has 1 amide bonds. The van der Waals surface area contributed by atoms with E-state index in [-0.39, 0.29) is 11.3 Å². The molecule has 2 aromatic rings. The third-order valence-corrected chi connectivity index (χ3v) is 7.02. The minimum Gasteiger partial charge on any atom is -0.342 e. The number of carbonyl (C=O) groups is 1. The van der Waals surface area contributed by atoms with E-state index in [1.54, 1.807) is 12.4 Å². The maximum absolute atomic E-state index is 12.9. The van der Waals surface area contributed by atoms with Gasteiger partial charge in [-0.3, -0.25) is 9.78 Å². The number of piperidine rings is 1. The van der Waals surface area contributed by atoms with Crippen molar-refractivity contribution in [3.63, 3.8) is 0 Å². The summed E-state index contributed by atoms with van der Waals surface area (Å²) in [6.07, 6.45) is 16.6. The summed E-state index contributed by atoms with van der Waals surface area (Å²) in [5.74, 6) is 2.40. The summed E-state index contributed by atoms with van der Waals surface area (Å²) in [5.41, 5.74) is 2.11. The molecule has 2 aromatic heterocycles. The first-order chi connectivity index (χ1) is 14.7. The zero-order valence-corrected chi connectivity index (χ0v) is 17.6. The third kappa shape index (κ3) is 4.18. The predicted octanol–water partition coefficient (Wildman–Crippen LogP) is 4.68. The Balaban J connectivity index is 1.29. The van der Waals surface area contributed by atoms with E-state index in [2.05, 4.69) is 21.1 Å². The highest BCUT2D eigenvalue weighted by atomic mass is 16.5. The third-order valence-electron chi connectivity index (χ3n) is 7.02. The van der Waals surface area contributed by atoms with Crippen LogP contribution in [0, 0.1) is 5.92 Å². The SMILES string of the molecule is O=C(CC1=CCCCC1)N1CCC(CC2CC2)(c2noc(-c3cccnc3)n2)CC1. The standard InChI is InChI=1S/C24H30N4O2/c29-21(15-18-5-2-1-3-6-18)28-13-10-24(11-14-28,16-19-8-9-19)23-26-22(30-27-23)20-7-4-12-25-17-20/h4-5,7,12,17,19H,1-3,6,8-11,13-16H2. The molecule has 5 rings (SSSR count). The maximum atomic E-state index is 12.9. The fraction of sp³-hybridized carbons (Fsp3) is 0.583. The minimum absolute atomic E-state index is 0.0774. The molecule has 30 heavy (non-hydrogen) atoms. The Morgan fingerprint density at radius 2 is 2.10 bits per heavy atom. The molecule has 3 heterocycles. The minimum atomic E-state index is -0.0774. The van der Waals surface area contributed by atoms with Gasteiger partial charge in [0.25, 0.3) is 5.89 Å². The number of hydrogen-bond acceptors (Lipinski definition) is 5. The van der Waals surface area contributed by atoms with Gasteiger partial charge in [0.05, 0.1) is 5.56 Å². The first-order valence-corrected chi connectivity index (χ1v) is 11.4. The van der Waals surface area contributed by atoms with Gasteiger partial charge in [-0.25, -0.2) is 0 Å². The van der Waals surface area contributed by atoms with Crippen molar-refractivity contribution in [1.29, 1.82) is 0 Å². The van der Waals surface area contributed by atoms with Crippen LogP contribution >= 0.6 is 0 Å². The number of aromatic nitrogens is 3. The van der Waals surface area contributed by atoms with Gasteiger partial charge in [0, 0.05) is 37.3 Å². The fourth-order valence-corrected chi connectivity index (χ4v) is 4.99. The number of carbonyl (C=O) groups excluding carboxylic acids is 1. The van der Waals surface area contributed by atoms with E-state index in [1.807, 2.05) is 12.1 Å². The molecule has 1 saturated heterocycles. The van der Waals surface area contributed by atoms with Gasteiger partial charge in [0.15, 0.2) is 5.82 Å². The van der Waals surface area contributed by atoms with Crippen LogP contribution in [0.1, 0.15) is 70.0 Å². The number of pyridine rings is 1. The molecule has 0 radical (unpaired) electrons. The number of allylic oxidation sites excluding steroid dienone is 1. The summed E-state index contributed by atoms with van der Waals surface area (Å²) in [5, 5.41) is 4.41. The first kappa shape index (κ1) is 19.5. The molecule has 0 aromatic carbocycles. The van der Waals surface area contributed by atoms with Gasteiger partial charge in [0.2, 0.25) is 5.91 Å². The largest absolute Gasteiger partial charge is 0.342 e. The second-order valence-corrected chi connectivity index (χ2v) is 9.26.